The number of aryl methyl sites for hydroxylation is 1. The monoisotopic (exact) mass is 451 g/mol. The molecular weight excluding hydrogens is 426 g/mol. The number of halogens is 1. The van der Waals surface area contributed by atoms with E-state index in [-0.39, 0.29) is 18.0 Å². The molecule has 0 spiro atoms. The maximum atomic E-state index is 12.4. The summed E-state index contributed by atoms with van der Waals surface area (Å²) in [7, 11) is 0. The van der Waals surface area contributed by atoms with Crippen LogP contribution in [0.15, 0.2) is 54.6 Å². The van der Waals surface area contributed by atoms with Gasteiger partial charge in [0.1, 0.15) is 0 Å². The number of hydrogen-bond acceptors (Lipinski definition) is 4. The number of anilines is 1. The van der Waals surface area contributed by atoms with Crippen LogP contribution >= 0.6 is 11.6 Å². The molecule has 2 heterocycles. The van der Waals surface area contributed by atoms with E-state index < -0.39 is 0 Å². The molecule has 1 fully saturated rings. The first-order valence-electron chi connectivity index (χ1n) is 10.7. The van der Waals surface area contributed by atoms with Gasteiger partial charge in [0.2, 0.25) is 0 Å². The summed E-state index contributed by atoms with van der Waals surface area (Å²) in [4.78, 5) is 31.5. The van der Waals surface area contributed by atoms with E-state index in [0.29, 0.717) is 23.7 Å². The van der Waals surface area contributed by atoms with Gasteiger partial charge in [-0.3, -0.25) is 14.7 Å². The molecule has 2 aromatic carbocycles. The third-order valence-corrected chi connectivity index (χ3v) is 5.74. The van der Waals surface area contributed by atoms with Crippen molar-refractivity contribution in [1.82, 2.24) is 20.5 Å². The molecule has 166 valence electrons. The number of carbonyl (C=O) groups is 2. The first-order valence-corrected chi connectivity index (χ1v) is 11.1. The molecule has 7 nitrogen and oxygen atoms in total. The van der Waals surface area contributed by atoms with Crippen LogP contribution in [-0.2, 0) is 0 Å². The quantitative estimate of drug-likeness (QED) is 0.531. The lowest BCUT2D eigenvalue weighted by atomic mass is 10.1. The fourth-order valence-electron chi connectivity index (χ4n) is 3.96. The van der Waals surface area contributed by atoms with Gasteiger partial charge in [0, 0.05) is 53.9 Å². The molecule has 3 N–H and O–H groups in total. The Balaban J connectivity index is 1.22. The van der Waals surface area contributed by atoms with Crippen molar-refractivity contribution in [2.75, 3.05) is 31.5 Å². The number of likely N-dealkylation sites (tertiary alicyclic amines) is 1. The Morgan fingerprint density at radius 1 is 1.16 bits per heavy atom. The third-order valence-electron chi connectivity index (χ3n) is 5.50. The molecule has 0 aliphatic carbocycles. The van der Waals surface area contributed by atoms with Gasteiger partial charge in [-0.05, 0) is 43.7 Å². The number of benzene rings is 2. The Hall–Kier alpha value is -3.16. The molecule has 1 unspecified atom stereocenters. The normalized spacial score (nSPS) is 16.1. The molecule has 0 bridgehead atoms. The van der Waals surface area contributed by atoms with Gasteiger partial charge in [-0.1, -0.05) is 35.9 Å². The van der Waals surface area contributed by atoms with Crippen molar-refractivity contribution >= 4 is 40.1 Å². The lowest BCUT2D eigenvalue weighted by Crippen LogP contribution is -2.39. The predicted molar refractivity (Wildman–Crippen MR) is 127 cm³/mol. The molecule has 0 radical (unpaired) electrons. The molecule has 0 saturated carbocycles. The summed E-state index contributed by atoms with van der Waals surface area (Å²) in [6.45, 7) is 4.77. The molecule has 1 aliphatic heterocycles. The fraction of sp³-hybridized carbons (Fsp3) is 0.292. The first kappa shape index (κ1) is 22.0. The number of nitrogens with zero attached hydrogens (tertiary/aromatic N) is 2. The van der Waals surface area contributed by atoms with Crippen LogP contribution in [0, 0.1) is 6.92 Å². The van der Waals surface area contributed by atoms with Crippen LogP contribution in [0.4, 0.5) is 10.5 Å². The Morgan fingerprint density at radius 3 is 2.84 bits per heavy atom. The smallest absolute Gasteiger partial charge is 0.319 e. The molecule has 1 aliphatic rings. The van der Waals surface area contributed by atoms with Crippen LogP contribution in [0.25, 0.3) is 10.9 Å². The van der Waals surface area contributed by atoms with Gasteiger partial charge in [0.05, 0.1) is 11.2 Å². The highest BCUT2D eigenvalue weighted by atomic mass is 35.5. The average molecular weight is 452 g/mol. The lowest BCUT2D eigenvalue weighted by molar-refractivity contribution is 0.0938. The highest BCUT2D eigenvalue weighted by Gasteiger charge is 2.24. The summed E-state index contributed by atoms with van der Waals surface area (Å²) < 4.78 is 0. The van der Waals surface area contributed by atoms with E-state index in [0.717, 1.165) is 41.8 Å². The summed E-state index contributed by atoms with van der Waals surface area (Å²) in [6, 6.07) is 16.4. The average Bonchev–Trinajstić information content (AvgIpc) is 3.20. The van der Waals surface area contributed by atoms with Crippen molar-refractivity contribution in [2.24, 2.45) is 0 Å². The number of urea groups is 1. The molecule has 4 rings (SSSR count). The largest absolute Gasteiger partial charge is 0.348 e. The highest BCUT2D eigenvalue weighted by Crippen LogP contribution is 2.22. The Bertz CT molecular complexity index is 1140. The zero-order chi connectivity index (χ0) is 22.5. The highest BCUT2D eigenvalue weighted by molar-refractivity contribution is 6.30. The minimum atomic E-state index is -0.245. The molecule has 32 heavy (non-hydrogen) atoms. The number of rotatable bonds is 6. The van der Waals surface area contributed by atoms with Gasteiger partial charge in [-0.15, -0.1) is 0 Å². The van der Waals surface area contributed by atoms with Gasteiger partial charge in [0.25, 0.3) is 5.91 Å². The third kappa shape index (κ3) is 5.55. The van der Waals surface area contributed by atoms with Gasteiger partial charge < -0.3 is 16.0 Å². The van der Waals surface area contributed by atoms with Crippen molar-refractivity contribution in [3.05, 3.63) is 70.9 Å². The van der Waals surface area contributed by atoms with Crippen LogP contribution in [-0.4, -0.2) is 54.0 Å². The number of aromatic nitrogens is 1. The van der Waals surface area contributed by atoms with E-state index in [1.165, 1.54) is 0 Å². The van der Waals surface area contributed by atoms with Crippen molar-refractivity contribution in [3.63, 3.8) is 0 Å². The van der Waals surface area contributed by atoms with E-state index in [2.05, 4.69) is 25.8 Å². The molecule has 8 heteroatoms. The summed E-state index contributed by atoms with van der Waals surface area (Å²) in [5, 5.41) is 10.4. The van der Waals surface area contributed by atoms with Gasteiger partial charge in [0.15, 0.2) is 0 Å². The molecular formula is C24H26ClN5O2. The van der Waals surface area contributed by atoms with Crippen molar-refractivity contribution in [2.45, 2.75) is 19.4 Å². The number of nitrogens with one attached hydrogen (secondary N) is 3. The molecule has 3 aromatic rings. The summed E-state index contributed by atoms with van der Waals surface area (Å²) in [6.07, 6.45) is 0.876. The second kappa shape index (κ2) is 9.97. The van der Waals surface area contributed by atoms with E-state index in [4.69, 9.17) is 11.6 Å². The summed E-state index contributed by atoms with van der Waals surface area (Å²) in [5.74, 6) is -0.114. The van der Waals surface area contributed by atoms with Gasteiger partial charge >= 0.3 is 6.03 Å². The van der Waals surface area contributed by atoms with E-state index in [9.17, 15) is 9.59 Å². The molecule has 3 amide bonds. The maximum Gasteiger partial charge on any atom is 0.319 e. The zero-order valence-electron chi connectivity index (χ0n) is 17.9. The van der Waals surface area contributed by atoms with Crippen LogP contribution in [0.2, 0.25) is 5.02 Å². The Morgan fingerprint density at radius 2 is 2.00 bits per heavy atom. The maximum absolute atomic E-state index is 12.4. The second-order valence-electron chi connectivity index (χ2n) is 7.98. The van der Waals surface area contributed by atoms with Crippen LogP contribution in [0.5, 0.6) is 0 Å². The predicted octanol–water partition coefficient (Wildman–Crippen LogP) is 3.82. The Kier molecular flexibility index (Phi) is 6.87. The van der Waals surface area contributed by atoms with Crippen LogP contribution in [0.3, 0.4) is 0 Å². The zero-order valence-corrected chi connectivity index (χ0v) is 18.7. The number of fused-ring (bicyclic) bond motifs is 1. The SMILES string of the molecule is Cc1cc(NC(=O)NCCN2CCC(NC(=O)c3cccc(Cl)c3)C2)c2ccccc2n1. The van der Waals surface area contributed by atoms with E-state index >= 15 is 0 Å². The number of pyridine rings is 1. The van der Waals surface area contributed by atoms with E-state index in [1.54, 1.807) is 24.3 Å². The number of carbonyl (C=O) groups excluding carboxylic acids is 2. The van der Waals surface area contributed by atoms with Gasteiger partial charge in [-0.2, -0.15) is 0 Å². The van der Waals surface area contributed by atoms with Crippen molar-refractivity contribution in [1.29, 1.82) is 0 Å². The Labute approximate surface area is 192 Å². The number of hydrogen-bond donors (Lipinski definition) is 3. The summed E-state index contributed by atoms with van der Waals surface area (Å²) in [5.41, 5.74) is 3.01. The van der Waals surface area contributed by atoms with Crippen LogP contribution < -0.4 is 16.0 Å². The lowest BCUT2D eigenvalue weighted by Gasteiger charge is -2.17. The minimum absolute atomic E-state index is 0.0847. The topological polar surface area (TPSA) is 86.4 Å². The minimum Gasteiger partial charge on any atom is -0.348 e. The summed E-state index contributed by atoms with van der Waals surface area (Å²) >= 11 is 5.97. The van der Waals surface area contributed by atoms with Gasteiger partial charge in [-0.25, -0.2) is 4.79 Å². The molecule has 1 saturated heterocycles. The second-order valence-corrected chi connectivity index (χ2v) is 8.42. The van der Waals surface area contributed by atoms with Crippen molar-refractivity contribution < 1.29 is 9.59 Å². The van der Waals surface area contributed by atoms with E-state index in [1.807, 2.05) is 37.3 Å². The standard InChI is InChI=1S/C24H26ClN5O2/c1-16-13-22(20-7-2-3-8-21(20)27-16)29-24(32)26-10-12-30-11-9-19(15-30)28-23(31)17-5-4-6-18(25)14-17/h2-8,13-14,19H,9-12,15H2,1H3,(H,28,31)(H2,26,27,29,32). The molecule has 1 aromatic heterocycles. The number of amides is 3. The number of para-hydroxylation sites is 1. The first-order chi connectivity index (χ1) is 15.5. The van der Waals surface area contributed by atoms with Crippen LogP contribution in [0.1, 0.15) is 22.5 Å². The fourth-order valence-corrected chi connectivity index (χ4v) is 4.15. The van der Waals surface area contributed by atoms with Crippen molar-refractivity contribution in [3.8, 4) is 0 Å². The molecule has 1 atom stereocenters.